The van der Waals surface area contributed by atoms with Gasteiger partial charge in [0.25, 0.3) is 0 Å². The molecule has 0 bridgehead atoms. The van der Waals surface area contributed by atoms with E-state index in [9.17, 15) is 13.2 Å². The first-order chi connectivity index (χ1) is 8.77. The molecule has 4 N–H and O–H groups in total. The lowest BCUT2D eigenvalue weighted by Crippen LogP contribution is -2.34. The quantitative estimate of drug-likeness (QED) is 0.550. The molecule has 0 saturated carbocycles. The number of hydrogen-bond acceptors (Lipinski definition) is 5. The van der Waals surface area contributed by atoms with Gasteiger partial charge in [0.2, 0.25) is 10.0 Å². The van der Waals surface area contributed by atoms with Crippen LogP contribution in [-0.4, -0.2) is 49.0 Å². The largest absolute Gasteiger partial charge is 0.478 e. The van der Waals surface area contributed by atoms with E-state index in [-0.39, 0.29) is 17.0 Å². The van der Waals surface area contributed by atoms with E-state index in [4.69, 9.17) is 15.3 Å². The number of carboxylic acids is 1. The summed E-state index contributed by atoms with van der Waals surface area (Å²) in [5.74, 6) is -1.23. The third kappa shape index (κ3) is 4.00. The number of aromatic carboxylic acids is 1. The Kier molecular flexibility index (Phi) is 5.01. The van der Waals surface area contributed by atoms with E-state index < -0.39 is 28.7 Å². The van der Waals surface area contributed by atoms with Crippen molar-refractivity contribution in [1.82, 2.24) is 4.72 Å². The lowest BCUT2D eigenvalue weighted by Gasteiger charge is -2.12. The fraction of sp³-hybridized carbons (Fsp3) is 0.364. The smallest absolute Gasteiger partial charge is 0.335 e. The van der Waals surface area contributed by atoms with E-state index in [1.807, 2.05) is 0 Å². The number of aliphatic hydroxyl groups is 2. The molecular formula is C11H15NO6S. The van der Waals surface area contributed by atoms with Gasteiger partial charge >= 0.3 is 5.97 Å². The summed E-state index contributed by atoms with van der Waals surface area (Å²) in [5.41, 5.74) is 0.240. The summed E-state index contributed by atoms with van der Waals surface area (Å²) in [5, 5.41) is 26.6. The topological polar surface area (TPSA) is 124 Å². The van der Waals surface area contributed by atoms with Gasteiger partial charge in [0.1, 0.15) is 0 Å². The average Bonchev–Trinajstić information content (AvgIpc) is 2.36. The Labute approximate surface area is 110 Å². The minimum absolute atomic E-state index is 0.145. The molecule has 1 unspecified atom stereocenters. The maximum Gasteiger partial charge on any atom is 0.335 e. The Morgan fingerprint density at radius 2 is 2.05 bits per heavy atom. The van der Waals surface area contributed by atoms with E-state index >= 15 is 0 Å². The molecule has 106 valence electrons. The monoisotopic (exact) mass is 289 g/mol. The van der Waals surface area contributed by atoms with E-state index in [1.54, 1.807) is 0 Å². The second-order valence-corrected chi connectivity index (χ2v) is 5.71. The molecule has 0 aliphatic heterocycles. The van der Waals surface area contributed by atoms with Crippen LogP contribution < -0.4 is 4.72 Å². The Bertz CT molecular complexity index is 569. The van der Waals surface area contributed by atoms with Crippen LogP contribution in [0, 0.1) is 6.92 Å². The minimum Gasteiger partial charge on any atom is -0.478 e. The predicted octanol–water partition coefficient (Wildman–Crippen LogP) is -0.675. The van der Waals surface area contributed by atoms with Crippen LogP contribution in [-0.2, 0) is 10.0 Å². The maximum absolute atomic E-state index is 12.0. The number of aliphatic hydroxyl groups excluding tert-OH is 2. The number of nitrogens with one attached hydrogen (secondary N) is 1. The lowest BCUT2D eigenvalue weighted by atomic mass is 10.1. The van der Waals surface area contributed by atoms with E-state index in [1.165, 1.54) is 19.1 Å². The van der Waals surface area contributed by atoms with Crippen molar-refractivity contribution in [2.24, 2.45) is 0 Å². The van der Waals surface area contributed by atoms with Crippen LogP contribution in [0.15, 0.2) is 23.1 Å². The van der Waals surface area contributed by atoms with Gasteiger partial charge in [-0.3, -0.25) is 0 Å². The fourth-order valence-corrected chi connectivity index (χ4v) is 2.71. The third-order valence-electron chi connectivity index (χ3n) is 2.44. The van der Waals surface area contributed by atoms with Crippen LogP contribution in [0.25, 0.3) is 0 Å². The third-order valence-corrected chi connectivity index (χ3v) is 4.01. The van der Waals surface area contributed by atoms with Gasteiger partial charge in [-0.2, -0.15) is 0 Å². The number of carboxylic acid groups (broad SMARTS) is 1. The van der Waals surface area contributed by atoms with E-state index in [0.717, 1.165) is 6.07 Å². The Morgan fingerprint density at radius 3 is 2.58 bits per heavy atom. The predicted molar refractivity (Wildman–Crippen MR) is 66.4 cm³/mol. The Balaban J connectivity index is 3.06. The van der Waals surface area contributed by atoms with E-state index in [0.29, 0.717) is 5.56 Å². The Morgan fingerprint density at radius 1 is 1.42 bits per heavy atom. The number of benzene rings is 1. The molecule has 0 aliphatic carbocycles. The number of hydrogen-bond donors (Lipinski definition) is 4. The van der Waals surface area contributed by atoms with Crippen molar-refractivity contribution in [2.75, 3.05) is 13.2 Å². The van der Waals surface area contributed by atoms with Crippen LogP contribution in [0.3, 0.4) is 0 Å². The molecule has 0 radical (unpaired) electrons. The molecule has 1 rings (SSSR count). The van der Waals surface area contributed by atoms with Gasteiger partial charge in [0.15, 0.2) is 0 Å². The summed E-state index contributed by atoms with van der Waals surface area (Å²) in [6.45, 7) is 0.606. The second-order valence-electron chi connectivity index (χ2n) is 3.97. The molecule has 0 heterocycles. The van der Waals surface area contributed by atoms with Crippen molar-refractivity contribution in [1.29, 1.82) is 0 Å². The average molecular weight is 289 g/mol. The molecule has 1 aromatic carbocycles. The van der Waals surface area contributed by atoms with Gasteiger partial charge in [0.05, 0.1) is 23.2 Å². The zero-order valence-corrected chi connectivity index (χ0v) is 11.0. The van der Waals surface area contributed by atoms with Crippen molar-refractivity contribution in [2.45, 2.75) is 17.9 Å². The molecule has 0 fully saturated rings. The van der Waals surface area contributed by atoms with Crippen molar-refractivity contribution >= 4 is 16.0 Å². The van der Waals surface area contributed by atoms with Gasteiger partial charge in [0, 0.05) is 6.54 Å². The standard InChI is InChI=1S/C11H15NO6S/c1-7-2-3-8(11(15)16)4-10(7)19(17,18)12-5-9(14)6-13/h2-4,9,12-14H,5-6H2,1H3,(H,15,16). The van der Waals surface area contributed by atoms with Crippen LogP contribution in [0.2, 0.25) is 0 Å². The molecule has 0 aliphatic rings. The van der Waals surface area contributed by atoms with Gasteiger partial charge in [-0.1, -0.05) is 6.07 Å². The van der Waals surface area contributed by atoms with Gasteiger partial charge in [-0.15, -0.1) is 0 Å². The van der Waals surface area contributed by atoms with Gasteiger partial charge in [-0.05, 0) is 24.6 Å². The first kappa shape index (κ1) is 15.6. The maximum atomic E-state index is 12.0. The highest BCUT2D eigenvalue weighted by molar-refractivity contribution is 7.89. The highest BCUT2D eigenvalue weighted by Gasteiger charge is 2.19. The molecule has 0 spiro atoms. The highest BCUT2D eigenvalue weighted by atomic mass is 32.2. The molecule has 0 amide bonds. The zero-order valence-electron chi connectivity index (χ0n) is 10.2. The fourth-order valence-electron chi connectivity index (χ4n) is 1.37. The zero-order chi connectivity index (χ0) is 14.6. The molecule has 1 atom stereocenters. The SMILES string of the molecule is Cc1ccc(C(=O)O)cc1S(=O)(=O)NCC(O)CO. The summed E-state index contributed by atoms with van der Waals surface area (Å²) in [4.78, 5) is 10.6. The van der Waals surface area contributed by atoms with Crippen molar-refractivity contribution in [3.8, 4) is 0 Å². The first-order valence-corrected chi connectivity index (χ1v) is 6.88. The summed E-state index contributed by atoms with van der Waals surface area (Å²) in [7, 11) is -3.94. The van der Waals surface area contributed by atoms with Crippen LogP contribution in [0.5, 0.6) is 0 Å². The normalized spacial score (nSPS) is 13.2. The molecule has 0 aromatic heterocycles. The number of carbonyl (C=O) groups is 1. The van der Waals surface area contributed by atoms with Crippen LogP contribution in [0.1, 0.15) is 15.9 Å². The summed E-state index contributed by atoms with van der Waals surface area (Å²) in [6.07, 6.45) is -1.21. The number of rotatable bonds is 6. The van der Waals surface area contributed by atoms with Crippen molar-refractivity contribution in [3.63, 3.8) is 0 Å². The molecule has 8 heteroatoms. The second kappa shape index (κ2) is 6.11. The van der Waals surface area contributed by atoms with Crippen LogP contribution >= 0.6 is 0 Å². The Hall–Kier alpha value is -1.48. The number of sulfonamides is 1. The molecule has 0 saturated heterocycles. The van der Waals surface area contributed by atoms with Crippen molar-refractivity contribution in [3.05, 3.63) is 29.3 Å². The molecule has 7 nitrogen and oxygen atoms in total. The summed E-state index contributed by atoms with van der Waals surface area (Å²) in [6, 6.07) is 3.74. The molecular weight excluding hydrogens is 274 g/mol. The lowest BCUT2D eigenvalue weighted by molar-refractivity contribution is 0.0696. The highest BCUT2D eigenvalue weighted by Crippen LogP contribution is 2.17. The molecule has 19 heavy (non-hydrogen) atoms. The van der Waals surface area contributed by atoms with Crippen molar-refractivity contribution < 1.29 is 28.5 Å². The van der Waals surface area contributed by atoms with Crippen LogP contribution in [0.4, 0.5) is 0 Å². The number of aryl methyl sites for hydroxylation is 1. The van der Waals surface area contributed by atoms with Gasteiger partial charge in [-0.25, -0.2) is 17.9 Å². The van der Waals surface area contributed by atoms with Gasteiger partial charge < -0.3 is 15.3 Å². The summed E-state index contributed by atoms with van der Waals surface area (Å²) < 4.78 is 26.0. The minimum atomic E-state index is -3.94. The molecule has 1 aromatic rings. The summed E-state index contributed by atoms with van der Waals surface area (Å²) >= 11 is 0. The van der Waals surface area contributed by atoms with E-state index in [2.05, 4.69) is 4.72 Å². The first-order valence-electron chi connectivity index (χ1n) is 5.40.